The van der Waals surface area contributed by atoms with Crippen LogP contribution < -0.4 is 0 Å². The fourth-order valence-electron chi connectivity index (χ4n) is 2.69. The number of rotatable bonds is 8. The highest BCUT2D eigenvalue weighted by molar-refractivity contribution is 5.87. The smallest absolute Gasteiger partial charge is 0.331 e. The molecule has 0 spiro atoms. The summed E-state index contributed by atoms with van der Waals surface area (Å²) >= 11 is 0. The molecule has 0 radical (unpaired) electrons. The van der Waals surface area contributed by atoms with Crippen molar-refractivity contribution in [1.29, 1.82) is 0 Å². The van der Waals surface area contributed by atoms with Crippen LogP contribution in [-0.2, 0) is 32.3 Å². The van der Waals surface area contributed by atoms with Gasteiger partial charge in [0.1, 0.15) is 24.8 Å². The lowest BCUT2D eigenvalue weighted by molar-refractivity contribution is -0.139. The van der Waals surface area contributed by atoms with Crippen molar-refractivity contribution in [2.45, 2.75) is 13.2 Å². The first-order valence-corrected chi connectivity index (χ1v) is 9.76. The van der Waals surface area contributed by atoms with Crippen molar-refractivity contribution in [3.63, 3.8) is 0 Å². The van der Waals surface area contributed by atoms with Crippen LogP contribution in [0, 0.1) is 11.6 Å². The van der Waals surface area contributed by atoms with Crippen LogP contribution in [0.2, 0.25) is 0 Å². The minimum atomic E-state index is -0.544. The molecular weight excluding hydrogens is 414 g/mol. The topological polar surface area (TPSA) is 52.6 Å². The maximum absolute atomic E-state index is 13.1. The van der Waals surface area contributed by atoms with E-state index >= 15 is 0 Å². The van der Waals surface area contributed by atoms with Crippen molar-refractivity contribution < 1.29 is 27.8 Å². The maximum Gasteiger partial charge on any atom is 0.331 e. The fraction of sp³-hybridized carbons (Fsp3) is 0.0769. The Balaban J connectivity index is 1.42. The Morgan fingerprint density at radius 1 is 0.656 bits per heavy atom. The average molecular weight is 434 g/mol. The molecule has 162 valence electrons. The van der Waals surface area contributed by atoms with Crippen LogP contribution >= 0.6 is 0 Å². The fourth-order valence-corrected chi connectivity index (χ4v) is 2.69. The van der Waals surface area contributed by atoms with E-state index in [0.717, 1.165) is 11.1 Å². The summed E-state index contributed by atoms with van der Waals surface area (Å²) in [5.41, 5.74) is 2.65. The predicted molar refractivity (Wildman–Crippen MR) is 117 cm³/mol. The van der Waals surface area contributed by atoms with Crippen molar-refractivity contribution >= 4 is 24.1 Å². The van der Waals surface area contributed by atoms with E-state index in [1.165, 1.54) is 48.6 Å². The molecule has 0 atom stereocenters. The van der Waals surface area contributed by atoms with Crippen molar-refractivity contribution in [3.05, 3.63) is 119 Å². The summed E-state index contributed by atoms with van der Waals surface area (Å²) in [5, 5.41) is 0. The minimum absolute atomic E-state index is 0.0722. The summed E-state index contributed by atoms with van der Waals surface area (Å²) in [7, 11) is 0. The Morgan fingerprint density at radius 2 is 1.06 bits per heavy atom. The van der Waals surface area contributed by atoms with E-state index in [0.29, 0.717) is 11.1 Å². The van der Waals surface area contributed by atoms with Gasteiger partial charge in [0.2, 0.25) is 0 Å². The molecule has 0 aromatic heterocycles. The average Bonchev–Trinajstić information content (AvgIpc) is 2.79. The second kappa shape index (κ2) is 11.4. The molecule has 0 heterocycles. The first-order valence-electron chi connectivity index (χ1n) is 9.76. The molecule has 0 unspecified atom stereocenters. The van der Waals surface area contributed by atoms with Gasteiger partial charge < -0.3 is 9.47 Å². The van der Waals surface area contributed by atoms with E-state index in [2.05, 4.69) is 0 Å². The molecule has 0 fully saturated rings. The summed E-state index contributed by atoms with van der Waals surface area (Å²) in [5.74, 6) is -1.85. The molecular formula is C26H20F2O4. The Hall–Kier alpha value is -4.06. The summed E-state index contributed by atoms with van der Waals surface area (Å²) in [6.07, 6.45) is 5.43. The maximum atomic E-state index is 13.1. The van der Waals surface area contributed by atoms with Crippen molar-refractivity contribution in [2.24, 2.45) is 0 Å². The van der Waals surface area contributed by atoms with Gasteiger partial charge >= 0.3 is 11.9 Å². The largest absolute Gasteiger partial charge is 0.458 e. The summed E-state index contributed by atoms with van der Waals surface area (Å²) < 4.78 is 36.6. The quantitative estimate of drug-likeness (QED) is 0.348. The lowest BCUT2D eigenvalue weighted by Gasteiger charge is -2.05. The summed E-state index contributed by atoms with van der Waals surface area (Å²) in [6.45, 7) is 0.144. The molecule has 0 aliphatic carbocycles. The molecule has 32 heavy (non-hydrogen) atoms. The van der Waals surface area contributed by atoms with Gasteiger partial charge in [-0.3, -0.25) is 0 Å². The zero-order chi connectivity index (χ0) is 22.8. The van der Waals surface area contributed by atoms with Crippen molar-refractivity contribution in [1.82, 2.24) is 0 Å². The highest BCUT2D eigenvalue weighted by Gasteiger charge is 2.03. The van der Waals surface area contributed by atoms with Crippen LogP contribution in [0.4, 0.5) is 8.78 Å². The van der Waals surface area contributed by atoms with Crippen LogP contribution in [0.25, 0.3) is 12.2 Å². The molecule has 3 aromatic carbocycles. The normalized spacial score (nSPS) is 11.1. The van der Waals surface area contributed by atoms with Crippen molar-refractivity contribution in [2.75, 3.05) is 0 Å². The van der Waals surface area contributed by atoms with E-state index in [1.807, 2.05) is 0 Å². The molecule has 0 saturated heterocycles. The second-order valence-electron chi connectivity index (χ2n) is 6.81. The number of ether oxygens (including phenoxy) is 2. The SMILES string of the molecule is O=C(C=Cc1cccc(F)c1)OCc1ccc(COC(=O)C=Cc2cccc(F)c2)cc1. The number of carbonyl (C=O) groups excluding carboxylic acids is 2. The Kier molecular flexibility index (Phi) is 8.03. The monoisotopic (exact) mass is 434 g/mol. The zero-order valence-electron chi connectivity index (χ0n) is 17.0. The Labute approximate surface area is 184 Å². The third-order valence-corrected chi connectivity index (χ3v) is 4.31. The molecule has 0 aliphatic heterocycles. The first kappa shape index (κ1) is 22.6. The third-order valence-electron chi connectivity index (χ3n) is 4.31. The van der Waals surface area contributed by atoms with E-state index in [-0.39, 0.29) is 24.8 Å². The lowest BCUT2D eigenvalue weighted by atomic mass is 10.1. The van der Waals surface area contributed by atoms with Gasteiger partial charge in [-0.15, -0.1) is 0 Å². The summed E-state index contributed by atoms with van der Waals surface area (Å²) in [6, 6.07) is 18.8. The van der Waals surface area contributed by atoms with Crippen LogP contribution in [0.15, 0.2) is 84.9 Å². The van der Waals surface area contributed by atoms with Crippen LogP contribution in [0.1, 0.15) is 22.3 Å². The van der Waals surface area contributed by atoms with Gasteiger partial charge in [-0.25, -0.2) is 18.4 Å². The van der Waals surface area contributed by atoms with Gasteiger partial charge in [0.15, 0.2) is 0 Å². The van der Waals surface area contributed by atoms with Crippen LogP contribution in [0.5, 0.6) is 0 Å². The number of hydrogen-bond acceptors (Lipinski definition) is 4. The van der Waals surface area contributed by atoms with Gasteiger partial charge in [0, 0.05) is 12.2 Å². The van der Waals surface area contributed by atoms with E-state index < -0.39 is 11.9 Å². The number of carbonyl (C=O) groups is 2. The van der Waals surface area contributed by atoms with Gasteiger partial charge in [0.25, 0.3) is 0 Å². The van der Waals surface area contributed by atoms with E-state index in [4.69, 9.17) is 9.47 Å². The van der Waals surface area contributed by atoms with Gasteiger partial charge in [0.05, 0.1) is 0 Å². The second-order valence-corrected chi connectivity index (χ2v) is 6.81. The van der Waals surface area contributed by atoms with E-state index in [9.17, 15) is 18.4 Å². The van der Waals surface area contributed by atoms with Gasteiger partial charge in [-0.05, 0) is 58.7 Å². The van der Waals surface area contributed by atoms with E-state index in [1.54, 1.807) is 48.5 Å². The first-order chi connectivity index (χ1) is 15.5. The molecule has 0 N–H and O–H groups in total. The summed E-state index contributed by atoms with van der Waals surface area (Å²) in [4.78, 5) is 23.6. The number of esters is 2. The molecule has 3 rings (SSSR count). The molecule has 0 saturated carbocycles. The lowest BCUT2D eigenvalue weighted by Crippen LogP contribution is -2.02. The van der Waals surface area contributed by atoms with Gasteiger partial charge in [-0.1, -0.05) is 48.5 Å². The molecule has 0 bridgehead atoms. The zero-order valence-corrected chi connectivity index (χ0v) is 17.0. The standard InChI is InChI=1S/C26H20F2O4/c27-23-5-1-3-19(15-23)11-13-25(29)31-17-21-7-9-22(10-8-21)18-32-26(30)14-12-20-4-2-6-24(28)16-20/h1-16H,17-18H2. The number of halogens is 2. The van der Waals surface area contributed by atoms with Gasteiger partial charge in [-0.2, -0.15) is 0 Å². The Bertz CT molecular complexity index is 1040. The molecule has 0 amide bonds. The molecule has 3 aromatic rings. The van der Waals surface area contributed by atoms with Crippen molar-refractivity contribution in [3.8, 4) is 0 Å². The highest BCUT2D eigenvalue weighted by atomic mass is 19.1. The molecule has 4 nitrogen and oxygen atoms in total. The number of hydrogen-bond donors (Lipinski definition) is 0. The molecule has 0 aliphatic rings. The molecule has 6 heteroatoms. The third kappa shape index (κ3) is 7.65. The predicted octanol–water partition coefficient (Wildman–Crippen LogP) is 5.48. The minimum Gasteiger partial charge on any atom is -0.458 e. The number of benzene rings is 3. The van der Waals surface area contributed by atoms with Crippen LogP contribution in [0.3, 0.4) is 0 Å². The van der Waals surface area contributed by atoms with Crippen LogP contribution in [-0.4, -0.2) is 11.9 Å². The Morgan fingerprint density at radius 3 is 1.44 bits per heavy atom. The highest BCUT2D eigenvalue weighted by Crippen LogP contribution is 2.10.